The van der Waals surface area contributed by atoms with E-state index in [1.54, 1.807) is 14.2 Å². The normalized spacial score (nSPS) is 19.7. The monoisotopic (exact) mass is 338 g/mol. The molecule has 1 unspecified atom stereocenters. The maximum absolute atomic E-state index is 12.7. The molecule has 0 saturated carbocycles. The van der Waals surface area contributed by atoms with E-state index in [4.69, 9.17) is 9.47 Å². The number of hydrogen-bond acceptors (Lipinski definition) is 6. The number of hydrogen-bond donors (Lipinski definition) is 0. The Kier molecular flexibility index (Phi) is 4.33. The summed E-state index contributed by atoms with van der Waals surface area (Å²) in [4.78, 5) is 0. The molecule has 0 radical (unpaired) electrons. The number of rotatable bonds is 4. The third kappa shape index (κ3) is 3.07. The Morgan fingerprint density at radius 2 is 2.22 bits per heavy atom. The Bertz CT molecular complexity index is 790. The highest BCUT2D eigenvalue weighted by molar-refractivity contribution is 7.89. The van der Waals surface area contributed by atoms with Gasteiger partial charge >= 0.3 is 0 Å². The zero-order valence-corrected chi connectivity index (χ0v) is 13.7. The standard InChI is InChI=1S/C14H18N4O4S/c1-17-14(9-15-16-17)23(19,20)18-6-7-22-13(10-18)11-4-3-5-12(8-11)21-2/h3-5,8-9,13H,6-7,10H2,1-2H3. The van der Waals surface area contributed by atoms with Crippen molar-refractivity contribution in [2.24, 2.45) is 7.05 Å². The molecule has 1 saturated heterocycles. The van der Waals surface area contributed by atoms with Crippen LogP contribution in [0, 0.1) is 0 Å². The van der Waals surface area contributed by atoms with E-state index in [0.717, 1.165) is 5.56 Å². The molecule has 0 aliphatic carbocycles. The predicted molar refractivity (Wildman–Crippen MR) is 81.4 cm³/mol. The lowest BCUT2D eigenvalue weighted by Crippen LogP contribution is -2.42. The molecule has 8 nitrogen and oxygen atoms in total. The van der Waals surface area contributed by atoms with Crippen LogP contribution < -0.4 is 4.74 Å². The van der Waals surface area contributed by atoms with Crippen LogP contribution in [-0.4, -0.2) is 54.5 Å². The number of benzene rings is 1. The van der Waals surface area contributed by atoms with Crippen molar-refractivity contribution < 1.29 is 17.9 Å². The molecule has 2 heterocycles. The fourth-order valence-corrected chi connectivity index (χ4v) is 4.00. The minimum absolute atomic E-state index is 0.0730. The summed E-state index contributed by atoms with van der Waals surface area (Å²) in [6.45, 7) is 0.862. The van der Waals surface area contributed by atoms with Crippen LogP contribution >= 0.6 is 0 Å². The average molecular weight is 338 g/mol. The lowest BCUT2D eigenvalue weighted by Gasteiger charge is -2.32. The number of methoxy groups -OCH3 is 1. The molecular weight excluding hydrogens is 320 g/mol. The number of ether oxygens (including phenoxy) is 2. The van der Waals surface area contributed by atoms with Crippen LogP contribution in [0.1, 0.15) is 11.7 Å². The number of morpholine rings is 1. The Balaban J connectivity index is 1.85. The van der Waals surface area contributed by atoms with Crippen molar-refractivity contribution in [3.8, 4) is 5.75 Å². The van der Waals surface area contributed by atoms with Gasteiger partial charge in [0.25, 0.3) is 10.0 Å². The van der Waals surface area contributed by atoms with Crippen LogP contribution in [0.25, 0.3) is 0 Å². The van der Waals surface area contributed by atoms with E-state index in [1.807, 2.05) is 24.3 Å². The van der Waals surface area contributed by atoms with Crippen LogP contribution in [0.3, 0.4) is 0 Å². The molecule has 0 N–H and O–H groups in total. The molecule has 0 bridgehead atoms. The van der Waals surface area contributed by atoms with Gasteiger partial charge in [-0.05, 0) is 17.7 Å². The highest BCUT2D eigenvalue weighted by Gasteiger charge is 2.33. The summed E-state index contributed by atoms with van der Waals surface area (Å²) in [5.74, 6) is 0.710. The fraction of sp³-hybridized carbons (Fsp3) is 0.429. The second-order valence-corrected chi connectivity index (χ2v) is 7.08. The molecule has 124 valence electrons. The molecule has 1 fully saturated rings. The number of aryl methyl sites for hydroxylation is 1. The van der Waals surface area contributed by atoms with Gasteiger partial charge in [0.15, 0.2) is 5.03 Å². The van der Waals surface area contributed by atoms with Crippen molar-refractivity contribution in [1.29, 1.82) is 0 Å². The van der Waals surface area contributed by atoms with Gasteiger partial charge in [0.2, 0.25) is 0 Å². The van der Waals surface area contributed by atoms with E-state index in [2.05, 4.69) is 10.3 Å². The summed E-state index contributed by atoms with van der Waals surface area (Å²) in [6, 6.07) is 7.44. The highest BCUT2D eigenvalue weighted by atomic mass is 32.2. The summed E-state index contributed by atoms with van der Waals surface area (Å²) in [5.41, 5.74) is 0.882. The lowest BCUT2D eigenvalue weighted by molar-refractivity contribution is -0.00277. The number of sulfonamides is 1. The van der Waals surface area contributed by atoms with Gasteiger partial charge in [0, 0.05) is 20.1 Å². The summed E-state index contributed by atoms with van der Waals surface area (Å²) in [7, 11) is -0.500. The molecule has 23 heavy (non-hydrogen) atoms. The molecule has 1 aromatic heterocycles. The molecule has 2 aromatic rings. The van der Waals surface area contributed by atoms with Gasteiger partial charge in [-0.3, -0.25) is 0 Å². The SMILES string of the molecule is COc1cccc(C2CN(S(=O)(=O)c3cnnn3C)CCO2)c1. The van der Waals surface area contributed by atoms with Crippen LogP contribution in [-0.2, 0) is 21.8 Å². The Hall–Kier alpha value is -1.97. The van der Waals surface area contributed by atoms with Gasteiger partial charge in [-0.2, -0.15) is 4.31 Å². The first-order chi connectivity index (χ1) is 11.0. The Labute approximate surface area is 134 Å². The van der Waals surface area contributed by atoms with Crippen LogP contribution in [0.5, 0.6) is 5.75 Å². The molecule has 9 heteroatoms. The molecular formula is C14H18N4O4S. The number of nitrogens with zero attached hydrogens (tertiary/aromatic N) is 4. The molecule has 0 spiro atoms. The third-order valence-electron chi connectivity index (χ3n) is 3.77. The average Bonchev–Trinajstić information content (AvgIpc) is 3.02. The smallest absolute Gasteiger partial charge is 0.262 e. The van der Waals surface area contributed by atoms with E-state index < -0.39 is 10.0 Å². The van der Waals surface area contributed by atoms with Gasteiger partial charge in [0.1, 0.15) is 5.75 Å². The van der Waals surface area contributed by atoms with Crippen LogP contribution in [0.2, 0.25) is 0 Å². The van der Waals surface area contributed by atoms with Gasteiger partial charge in [-0.1, -0.05) is 17.3 Å². The number of aromatic nitrogens is 3. The Morgan fingerprint density at radius 3 is 2.91 bits per heavy atom. The molecule has 1 atom stereocenters. The summed E-state index contributed by atoms with van der Waals surface area (Å²) < 4.78 is 39.0. The summed E-state index contributed by atoms with van der Waals surface area (Å²) >= 11 is 0. The molecule has 0 amide bonds. The lowest BCUT2D eigenvalue weighted by atomic mass is 10.1. The van der Waals surface area contributed by atoms with Crippen molar-refractivity contribution in [3.05, 3.63) is 36.0 Å². The van der Waals surface area contributed by atoms with Crippen molar-refractivity contribution in [2.75, 3.05) is 26.8 Å². The van der Waals surface area contributed by atoms with Crippen molar-refractivity contribution in [2.45, 2.75) is 11.1 Å². The van der Waals surface area contributed by atoms with Crippen LogP contribution in [0.4, 0.5) is 0 Å². The fourth-order valence-electron chi connectivity index (χ4n) is 2.53. The first-order valence-electron chi connectivity index (χ1n) is 7.13. The molecule has 1 aliphatic rings. The Morgan fingerprint density at radius 1 is 1.39 bits per heavy atom. The van der Waals surface area contributed by atoms with Gasteiger partial charge in [-0.15, -0.1) is 5.10 Å². The quantitative estimate of drug-likeness (QED) is 0.811. The minimum atomic E-state index is -3.65. The van der Waals surface area contributed by atoms with Gasteiger partial charge < -0.3 is 9.47 Å². The molecule has 3 rings (SSSR count). The third-order valence-corrected chi connectivity index (χ3v) is 5.68. The zero-order chi connectivity index (χ0) is 16.4. The van der Waals surface area contributed by atoms with Crippen molar-refractivity contribution in [1.82, 2.24) is 19.3 Å². The molecule has 1 aliphatic heterocycles. The summed E-state index contributed by atoms with van der Waals surface area (Å²) in [5, 5.41) is 7.41. The minimum Gasteiger partial charge on any atom is -0.497 e. The van der Waals surface area contributed by atoms with Crippen LogP contribution in [0.15, 0.2) is 35.5 Å². The van der Waals surface area contributed by atoms with E-state index >= 15 is 0 Å². The predicted octanol–water partition coefficient (Wildman–Crippen LogP) is 0.586. The van der Waals surface area contributed by atoms with E-state index in [-0.39, 0.29) is 17.7 Å². The zero-order valence-electron chi connectivity index (χ0n) is 12.9. The van der Waals surface area contributed by atoms with E-state index in [9.17, 15) is 8.42 Å². The van der Waals surface area contributed by atoms with Crippen molar-refractivity contribution >= 4 is 10.0 Å². The van der Waals surface area contributed by atoms with E-state index in [1.165, 1.54) is 15.2 Å². The first kappa shape index (κ1) is 15.9. The summed E-state index contributed by atoms with van der Waals surface area (Å²) in [6.07, 6.45) is 0.917. The van der Waals surface area contributed by atoms with Gasteiger partial charge in [-0.25, -0.2) is 13.1 Å². The van der Waals surface area contributed by atoms with Crippen molar-refractivity contribution in [3.63, 3.8) is 0 Å². The first-order valence-corrected chi connectivity index (χ1v) is 8.57. The second-order valence-electron chi connectivity index (χ2n) is 5.19. The second kappa shape index (κ2) is 6.26. The maximum Gasteiger partial charge on any atom is 0.262 e. The molecule has 1 aromatic carbocycles. The highest BCUT2D eigenvalue weighted by Crippen LogP contribution is 2.28. The van der Waals surface area contributed by atoms with E-state index in [0.29, 0.717) is 18.9 Å². The topological polar surface area (TPSA) is 86.5 Å². The maximum atomic E-state index is 12.7. The largest absolute Gasteiger partial charge is 0.497 e. The van der Waals surface area contributed by atoms with Gasteiger partial charge in [0.05, 0.1) is 26.0 Å².